The van der Waals surface area contributed by atoms with Gasteiger partial charge in [0.1, 0.15) is 11.3 Å². The maximum absolute atomic E-state index is 12.4. The number of hydrogen-bond acceptors (Lipinski definition) is 5. The Labute approximate surface area is 127 Å². The van der Waals surface area contributed by atoms with Crippen LogP contribution in [0.5, 0.6) is 0 Å². The third-order valence-corrected chi connectivity index (χ3v) is 3.16. The molecule has 0 aliphatic rings. The van der Waals surface area contributed by atoms with E-state index in [-0.39, 0.29) is 23.3 Å². The van der Waals surface area contributed by atoms with Crippen molar-refractivity contribution in [3.05, 3.63) is 69.3 Å². The molecule has 108 valence electrons. The number of carbonyl (C=O) groups is 1. The number of aryl methyl sites for hydroxylation is 1. The predicted molar refractivity (Wildman–Crippen MR) is 78.2 cm³/mol. The van der Waals surface area contributed by atoms with Crippen LogP contribution in [0.1, 0.15) is 33.2 Å². The zero-order chi connectivity index (χ0) is 16.1. The second-order valence-corrected chi connectivity index (χ2v) is 4.75. The third-order valence-electron chi connectivity index (χ3n) is 3.16. The van der Waals surface area contributed by atoms with E-state index in [2.05, 4.69) is 0 Å². The standard InChI is InChI=1S/C17H12N2O3/c1-11-7-14(13(9-18)10-19)16(17(21)22-11)15(20)8-12-5-3-2-4-6-12/h2-7,13H,8H2,1H3. The van der Waals surface area contributed by atoms with Crippen LogP contribution in [-0.4, -0.2) is 5.78 Å². The number of rotatable bonds is 4. The van der Waals surface area contributed by atoms with Gasteiger partial charge in [0.25, 0.3) is 0 Å². The summed E-state index contributed by atoms with van der Waals surface area (Å²) in [6.07, 6.45) is 0.00520. The summed E-state index contributed by atoms with van der Waals surface area (Å²) < 4.78 is 4.95. The summed E-state index contributed by atoms with van der Waals surface area (Å²) in [5, 5.41) is 18.1. The highest BCUT2D eigenvalue weighted by atomic mass is 16.4. The normalized spacial score (nSPS) is 10.0. The molecule has 0 spiro atoms. The van der Waals surface area contributed by atoms with E-state index in [9.17, 15) is 9.59 Å². The van der Waals surface area contributed by atoms with Gasteiger partial charge >= 0.3 is 5.63 Å². The lowest BCUT2D eigenvalue weighted by molar-refractivity contribution is 0.0988. The second kappa shape index (κ2) is 6.51. The van der Waals surface area contributed by atoms with Gasteiger partial charge in [-0.05, 0) is 18.6 Å². The Bertz CT molecular complexity index is 825. The van der Waals surface area contributed by atoms with E-state index < -0.39 is 17.3 Å². The van der Waals surface area contributed by atoms with E-state index in [1.807, 2.05) is 6.07 Å². The van der Waals surface area contributed by atoms with Gasteiger partial charge in [0, 0.05) is 12.0 Å². The number of benzene rings is 1. The minimum atomic E-state index is -1.18. The van der Waals surface area contributed by atoms with Crippen LogP contribution in [0.15, 0.2) is 45.6 Å². The quantitative estimate of drug-likeness (QED) is 0.807. The fourth-order valence-corrected chi connectivity index (χ4v) is 2.18. The van der Waals surface area contributed by atoms with E-state index in [4.69, 9.17) is 14.9 Å². The van der Waals surface area contributed by atoms with Crippen LogP contribution in [0.3, 0.4) is 0 Å². The van der Waals surface area contributed by atoms with Gasteiger partial charge in [-0.3, -0.25) is 4.79 Å². The van der Waals surface area contributed by atoms with Crippen molar-refractivity contribution in [3.63, 3.8) is 0 Å². The van der Waals surface area contributed by atoms with Gasteiger partial charge in [-0.1, -0.05) is 30.3 Å². The third kappa shape index (κ3) is 3.11. The number of Topliss-reactive ketones (excluding diaryl/α,β-unsaturated/α-hetero) is 1. The fraction of sp³-hybridized carbons (Fsp3) is 0.176. The number of hydrogen-bond donors (Lipinski definition) is 0. The second-order valence-electron chi connectivity index (χ2n) is 4.75. The van der Waals surface area contributed by atoms with Gasteiger partial charge in [-0.25, -0.2) is 4.79 Å². The molecule has 0 aliphatic carbocycles. The molecule has 0 atom stereocenters. The van der Waals surface area contributed by atoms with Crippen LogP contribution in [0.2, 0.25) is 0 Å². The van der Waals surface area contributed by atoms with Crippen LogP contribution < -0.4 is 5.63 Å². The lowest BCUT2D eigenvalue weighted by Crippen LogP contribution is -2.20. The molecule has 0 bridgehead atoms. The summed E-state index contributed by atoms with van der Waals surface area (Å²) in [5.74, 6) is -1.39. The summed E-state index contributed by atoms with van der Waals surface area (Å²) in [4.78, 5) is 24.4. The number of nitriles is 2. The van der Waals surface area contributed by atoms with Crippen LogP contribution in [0.4, 0.5) is 0 Å². The Hall–Kier alpha value is -3.18. The molecule has 0 aliphatic heterocycles. The molecule has 0 saturated carbocycles. The molecule has 22 heavy (non-hydrogen) atoms. The van der Waals surface area contributed by atoms with Crippen molar-refractivity contribution in [3.8, 4) is 12.1 Å². The highest BCUT2D eigenvalue weighted by molar-refractivity contribution is 5.98. The average molecular weight is 292 g/mol. The molecule has 5 nitrogen and oxygen atoms in total. The van der Waals surface area contributed by atoms with Gasteiger partial charge in [0.15, 0.2) is 11.7 Å². The van der Waals surface area contributed by atoms with Gasteiger partial charge < -0.3 is 4.42 Å². The first kappa shape index (κ1) is 15.2. The number of carbonyl (C=O) groups excluding carboxylic acids is 1. The number of ketones is 1. The Kier molecular flexibility index (Phi) is 4.50. The van der Waals surface area contributed by atoms with E-state index in [1.165, 1.54) is 13.0 Å². The smallest absolute Gasteiger partial charge is 0.347 e. The summed E-state index contributed by atoms with van der Waals surface area (Å²) in [6, 6.07) is 13.9. The Balaban J connectivity index is 2.51. The highest BCUT2D eigenvalue weighted by Gasteiger charge is 2.24. The summed E-state index contributed by atoms with van der Waals surface area (Å²) in [5.41, 5.74) is -0.183. The first-order valence-electron chi connectivity index (χ1n) is 6.57. The molecular formula is C17H12N2O3. The van der Waals surface area contributed by atoms with Crippen molar-refractivity contribution in [1.29, 1.82) is 10.5 Å². The van der Waals surface area contributed by atoms with Crippen molar-refractivity contribution >= 4 is 5.78 Å². The van der Waals surface area contributed by atoms with E-state index >= 15 is 0 Å². The van der Waals surface area contributed by atoms with Gasteiger partial charge in [0.05, 0.1) is 12.1 Å². The lowest BCUT2D eigenvalue weighted by atomic mass is 9.93. The summed E-state index contributed by atoms with van der Waals surface area (Å²) >= 11 is 0. The highest BCUT2D eigenvalue weighted by Crippen LogP contribution is 2.20. The van der Waals surface area contributed by atoms with Gasteiger partial charge in [-0.2, -0.15) is 10.5 Å². The Morgan fingerprint density at radius 2 is 1.86 bits per heavy atom. The monoisotopic (exact) mass is 292 g/mol. The van der Waals surface area contributed by atoms with Gasteiger partial charge in [-0.15, -0.1) is 0 Å². The minimum absolute atomic E-state index is 0.00520. The molecule has 2 rings (SSSR count). The maximum Gasteiger partial charge on any atom is 0.347 e. The fourth-order valence-electron chi connectivity index (χ4n) is 2.18. The van der Waals surface area contributed by atoms with Crippen LogP contribution >= 0.6 is 0 Å². The molecule has 5 heteroatoms. The SMILES string of the molecule is Cc1cc(C(C#N)C#N)c(C(=O)Cc2ccccc2)c(=O)o1. The van der Waals surface area contributed by atoms with Crippen LogP contribution in [-0.2, 0) is 6.42 Å². The minimum Gasteiger partial charge on any atom is -0.428 e. The molecule has 0 unspecified atom stereocenters. The van der Waals surface area contributed by atoms with E-state index in [0.717, 1.165) is 5.56 Å². The van der Waals surface area contributed by atoms with Gasteiger partial charge in [0.2, 0.25) is 0 Å². The molecule has 0 N–H and O–H groups in total. The Morgan fingerprint density at radius 3 is 2.45 bits per heavy atom. The zero-order valence-electron chi connectivity index (χ0n) is 11.9. The molecule has 0 saturated heterocycles. The molecule has 1 aromatic heterocycles. The van der Waals surface area contributed by atoms with E-state index in [1.54, 1.807) is 36.4 Å². The summed E-state index contributed by atoms with van der Waals surface area (Å²) in [6.45, 7) is 1.53. The maximum atomic E-state index is 12.4. The van der Waals surface area contributed by atoms with Crippen molar-refractivity contribution in [2.45, 2.75) is 19.3 Å². The topological polar surface area (TPSA) is 94.9 Å². The first-order chi connectivity index (χ1) is 10.6. The van der Waals surface area contributed by atoms with Crippen molar-refractivity contribution in [2.24, 2.45) is 0 Å². The van der Waals surface area contributed by atoms with E-state index in [0.29, 0.717) is 0 Å². The number of nitrogens with zero attached hydrogens (tertiary/aromatic N) is 2. The largest absolute Gasteiger partial charge is 0.428 e. The Morgan fingerprint density at radius 1 is 1.23 bits per heavy atom. The molecule has 0 radical (unpaired) electrons. The lowest BCUT2D eigenvalue weighted by Gasteiger charge is -2.08. The molecule has 0 fully saturated rings. The molecule has 1 aromatic carbocycles. The van der Waals surface area contributed by atoms with Crippen molar-refractivity contribution in [1.82, 2.24) is 0 Å². The molecule has 1 heterocycles. The summed E-state index contributed by atoms with van der Waals surface area (Å²) in [7, 11) is 0. The predicted octanol–water partition coefficient (Wildman–Crippen LogP) is 2.50. The molecule has 2 aromatic rings. The van der Waals surface area contributed by atoms with Crippen molar-refractivity contribution in [2.75, 3.05) is 0 Å². The average Bonchev–Trinajstić information content (AvgIpc) is 2.48. The molecular weight excluding hydrogens is 280 g/mol. The van der Waals surface area contributed by atoms with Crippen LogP contribution in [0, 0.1) is 29.6 Å². The molecule has 0 amide bonds. The van der Waals surface area contributed by atoms with Crippen molar-refractivity contribution < 1.29 is 9.21 Å². The zero-order valence-corrected chi connectivity index (χ0v) is 11.9. The first-order valence-corrected chi connectivity index (χ1v) is 6.57. The van der Waals surface area contributed by atoms with Crippen LogP contribution in [0.25, 0.3) is 0 Å².